The zero-order valence-corrected chi connectivity index (χ0v) is 32.5. The van der Waals surface area contributed by atoms with E-state index in [1.54, 1.807) is 30.3 Å². The summed E-state index contributed by atoms with van der Waals surface area (Å²) < 4.78 is 6.59. The van der Waals surface area contributed by atoms with E-state index in [2.05, 4.69) is 39.8 Å². The number of anilines is 1. The minimum absolute atomic E-state index is 0.00719. The van der Waals surface area contributed by atoms with Crippen molar-refractivity contribution in [1.82, 2.24) is 19.7 Å². The highest BCUT2D eigenvalue weighted by molar-refractivity contribution is 6.31. The molecule has 294 valence electrons. The molecule has 9 rings (SSSR count). The van der Waals surface area contributed by atoms with E-state index in [9.17, 15) is 29.2 Å². The lowest BCUT2D eigenvalue weighted by Crippen LogP contribution is -2.58. The molecule has 2 bridgehead atoms. The van der Waals surface area contributed by atoms with E-state index in [1.165, 1.54) is 0 Å². The number of halogens is 1. The van der Waals surface area contributed by atoms with Crippen LogP contribution < -0.4 is 15.5 Å². The van der Waals surface area contributed by atoms with Crippen molar-refractivity contribution in [3.8, 4) is 11.8 Å². The molecule has 6 aliphatic rings. The van der Waals surface area contributed by atoms with Crippen LogP contribution in [0.4, 0.5) is 5.69 Å². The van der Waals surface area contributed by atoms with Crippen molar-refractivity contribution in [2.45, 2.75) is 108 Å². The molecule has 3 unspecified atom stereocenters. The highest BCUT2D eigenvalue weighted by atomic mass is 35.5. The van der Waals surface area contributed by atoms with Gasteiger partial charge in [0.05, 0.1) is 21.7 Å². The van der Waals surface area contributed by atoms with Gasteiger partial charge in [0.1, 0.15) is 23.5 Å². The number of piperidine rings is 3. The second-order valence-electron chi connectivity index (χ2n) is 16.4. The smallest absolute Gasteiger partial charge is 0.266 e. The van der Waals surface area contributed by atoms with Crippen molar-refractivity contribution in [3.63, 3.8) is 0 Å². The lowest BCUT2D eigenvalue weighted by Gasteiger charge is -2.46. The fourth-order valence-corrected chi connectivity index (χ4v) is 10.4. The lowest BCUT2D eigenvalue weighted by molar-refractivity contribution is -0.151. The SMILES string of the molecule is CCC1(Oc2ccc(C#N)c(Cl)c2)CC2CCC(C1)N2C(=O)c1ccc(N2CCC(N3Cc4cc5c(cc4C3)C(=O)N(C3CCC(=O)N(N)C3=O)C5=O)CC2)cc1. The van der Waals surface area contributed by atoms with Crippen LogP contribution in [0.25, 0.3) is 0 Å². The van der Waals surface area contributed by atoms with Crippen molar-refractivity contribution >= 4 is 46.8 Å². The maximum atomic E-state index is 14.0. The average molecular weight is 790 g/mol. The number of imide groups is 2. The van der Waals surface area contributed by atoms with Crippen LogP contribution in [0, 0.1) is 11.3 Å². The van der Waals surface area contributed by atoms with Gasteiger partial charge in [-0.2, -0.15) is 5.26 Å². The summed E-state index contributed by atoms with van der Waals surface area (Å²) in [7, 11) is 0. The van der Waals surface area contributed by atoms with Crippen LogP contribution in [0.5, 0.6) is 5.75 Å². The van der Waals surface area contributed by atoms with Gasteiger partial charge in [0.2, 0.25) is 5.91 Å². The second-order valence-corrected chi connectivity index (χ2v) is 16.8. The summed E-state index contributed by atoms with van der Waals surface area (Å²) in [5, 5.41) is 10.2. The van der Waals surface area contributed by atoms with E-state index < -0.39 is 35.3 Å². The van der Waals surface area contributed by atoms with Gasteiger partial charge in [0.15, 0.2) is 0 Å². The fraction of sp³-hybridized carbons (Fsp3) is 0.442. The Balaban J connectivity index is 0.798. The van der Waals surface area contributed by atoms with E-state index in [0.717, 1.165) is 79.7 Å². The topological polar surface area (TPSA) is 161 Å². The maximum Gasteiger partial charge on any atom is 0.266 e. The van der Waals surface area contributed by atoms with Crippen LogP contribution in [0.1, 0.15) is 112 Å². The molecule has 3 atom stereocenters. The first-order valence-corrected chi connectivity index (χ1v) is 20.3. The molecule has 14 heteroatoms. The Kier molecular flexibility index (Phi) is 9.34. The van der Waals surface area contributed by atoms with E-state index in [4.69, 9.17) is 22.2 Å². The van der Waals surface area contributed by atoms with Gasteiger partial charge in [-0.3, -0.25) is 33.8 Å². The zero-order chi connectivity index (χ0) is 39.7. The van der Waals surface area contributed by atoms with Gasteiger partial charge >= 0.3 is 0 Å². The third-order valence-electron chi connectivity index (χ3n) is 13.3. The minimum atomic E-state index is -1.08. The molecule has 6 heterocycles. The first-order valence-electron chi connectivity index (χ1n) is 19.9. The molecule has 4 fully saturated rings. The number of ether oxygens (including phenoxy) is 1. The van der Waals surface area contributed by atoms with Crippen LogP contribution in [0.2, 0.25) is 5.02 Å². The standard InChI is InChI=1S/C43H44ClN7O6/c1-2-43(57-33-10-5-26(22-45)36(44)19-33)20-31-8-9-32(21-43)49(31)39(53)25-3-6-29(7-4-25)47-15-13-30(14-16-47)48-23-27-17-34-35(18-28(27)24-48)41(55)50(40(34)54)37-11-12-38(52)51(46)42(37)56/h3-7,10,17-19,30-32,37H,2,8-9,11-16,20-21,23-24,46H2,1H3. The van der Waals surface area contributed by atoms with Gasteiger partial charge in [-0.1, -0.05) is 18.5 Å². The molecule has 3 aromatic rings. The predicted molar refractivity (Wildman–Crippen MR) is 209 cm³/mol. The Hall–Kier alpha value is -5.29. The summed E-state index contributed by atoms with van der Waals surface area (Å²) >= 11 is 6.30. The summed E-state index contributed by atoms with van der Waals surface area (Å²) in [6.45, 7) is 5.20. The number of amides is 5. The minimum Gasteiger partial charge on any atom is -0.487 e. The summed E-state index contributed by atoms with van der Waals surface area (Å²) in [5.41, 5.74) is 4.42. The third kappa shape index (κ3) is 6.34. The molecule has 0 aromatic heterocycles. The molecular weight excluding hydrogens is 746 g/mol. The van der Waals surface area contributed by atoms with Crippen molar-refractivity contribution in [2.75, 3.05) is 18.0 Å². The van der Waals surface area contributed by atoms with Crippen molar-refractivity contribution in [1.29, 1.82) is 5.26 Å². The number of carbonyl (C=O) groups excluding carboxylic acids is 5. The van der Waals surface area contributed by atoms with Crippen molar-refractivity contribution in [2.24, 2.45) is 5.84 Å². The van der Waals surface area contributed by atoms with Gasteiger partial charge in [0, 0.05) is 80.9 Å². The number of nitrogens with two attached hydrogens (primary N) is 1. The monoisotopic (exact) mass is 789 g/mol. The van der Waals surface area contributed by atoms with Crippen molar-refractivity contribution in [3.05, 3.63) is 93.0 Å². The molecular formula is C43H44ClN7O6. The number of hydrogen-bond donors (Lipinski definition) is 1. The summed E-state index contributed by atoms with van der Waals surface area (Å²) in [4.78, 5) is 73.3. The second kappa shape index (κ2) is 14.3. The number of rotatable bonds is 7. The van der Waals surface area contributed by atoms with E-state index in [0.29, 0.717) is 57.2 Å². The number of hydrazine groups is 1. The van der Waals surface area contributed by atoms with Gasteiger partial charge < -0.3 is 14.5 Å². The average Bonchev–Trinajstić information content (AvgIpc) is 3.85. The molecule has 3 aromatic carbocycles. The predicted octanol–water partition coefficient (Wildman–Crippen LogP) is 5.18. The summed E-state index contributed by atoms with van der Waals surface area (Å²) in [5.74, 6) is 4.04. The number of benzene rings is 3. The Bertz CT molecular complexity index is 2190. The third-order valence-corrected chi connectivity index (χ3v) is 13.6. The first-order chi connectivity index (χ1) is 27.5. The van der Waals surface area contributed by atoms with Gasteiger partial charge in [-0.05, 0) is 98.2 Å². The molecule has 2 N–H and O–H groups in total. The summed E-state index contributed by atoms with van der Waals surface area (Å²) in [6.07, 6.45) is 6.16. The highest BCUT2D eigenvalue weighted by Gasteiger charge is 2.51. The van der Waals surface area contributed by atoms with E-state index >= 15 is 0 Å². The van der Waals surface area contributed by atoms with Gasteiger partial charge in [-0.15, -0.1) is 0 Å². The summed E-state index contributed by atoms with van der Waals surface area (Å²) in [6, 6.07) is 18.4. The Morgan fingerprint density at radius 2 is 1.51 bits per heavy atom. The lowest BCUT2D eigenvalue weighted by atomic mass is 9.83. The number of fused-ring (bicyclic) bond motifs is 4. The van der Waals surface area contributed by atoms with Crippen LogP contribution in [-0.2, 0) is 22.7 Å². The molecule has 0 spiro atoms. The van der Waals surface area contributed by atoms with Gasteiger partial charge in [-0.25, -0.2) is 10.9 Å². The number of nitriles is 1. The largest absolute Gasteiger partial charge is 0.487 e. The molecule has 6 aliphatic heterocycles. The van der Waals surface area contributed by atoms with Crippen LogP contribution >= 0.6 is 11.6 Å². The first kappa shape index (κ1) is 37.3. The molecule has 5 amide bonds. The molecule has 57 heavy (non-hydrogen) atoms. The van der Waals surface area contributed by atoms with E-state index in [-0.39, 0.29) is 30.8 Å². The number of hydrogen-bond acceptors (Lipinski definition) is 10. The zero-order valence-electron chi connectivity index (χ0n) is 31.8. The Morgan fingerprint density at radius 1 is 0.877 bits per heavy atom. The highest BCUT2D eigenvalue weighted by Crippen LogP contribution is 2.46. The molecule has 0 radical (unpaired) electrons. The van der Waals surface area contributed by atoms with Crippen LogP contribution in [-0.4, -0.2) is 92.1 Å². The maximum absolute atomic E-state index is 14.0. The number of carbonyl (C=O) groups is 5. The number of nitrogens with zero attached hydrogens (tertiary/aromatic N) is 6. The molecule has 0 aliphatic carbocycles. The Morgan fingerprint density at radius 3 is 2.09 bits per heavy atom. The fourth-order valence-electron chi connectivity index (χ4n) is 10.2. The Labute approximate surface area is 335 Å². The normalized spacial score (nSPS) is 26.2. The quantitative estimate of drug-likeness (QED) is 0.192. The molecule has 13 nitrogen and oxygen atoms in total. The van der Waals surface area contributed by atoms with E-state index in [1.807, 2.05) is 12.1 Å². The van der Waals surface area contributed by atoms with Crippen LogP contribution in [0.3, 0.4) is 0 Å². The van der Waals surface area contributed by atoms with Crippen molar-refractivity contribution < 1.29 is 28.7 Å². The van der Waals surface area contributed by atoms with Gasteiger partial charge in [0.25, 0.3) is 23.6 Å². The molecule has 4 saturated heterocycles. The van der Waals surface area contributed by atoms with Crippen LogP contribution in [0.15, 0.2) is 54.6 Å². The molecule has 0 saturated carbocycles.